The Morgan fingerprint density at radius 2 is 2.25 bits per heavy atom. The van der Waals surface area contributed by atoms with Crippen LogP contribution in [0.3, 0.4) is 0 Å². The Hall–Kier alpha value is -1.92. The van der Waals surface area contributed by atoms with Crippen LogP contribution in [0.2, 0.25) is 0 Å². The van der Waals surface area contributed by atoms with E-state index in [0.717, 1.165) is 17.8 Å². The molecule has 0 bridgehead atoms. The number of rotatable bonds is 4. The molecule has 1 saturated carbocycles. The van der Waals surface area contributed by atoms with E-state index < -0.39 is 0 Å². The minimum Gasteiger partial charge on any atom is -0.506 e. The Morgan fingerprint density at radius 3 is 2.90 bits per heavy atom. The zero-order valence-corrected chi connectivity index (χ0v) is 11.5. The highest BCUT2D eigenvalue weighted by Crippen LogP contribution is 2.41. The molecular weight excluding hydrogens is 276 g/mol. The van der Waals surface area contributed by atoms with Gasteiger partial charge in [-0.05, 0) is 30.5 Å². The number of carbonyl (C=O) groups excluding carboxylic acids is 1. The zero-order valence-electron chi connectivity index (χ0n) is 10.7. The number of phenols is 1. The predicted molar refractivity (Wildman–Crippen MR) is 76.1 cm³/mol. The predicted octanol–water partition coefficient (Wildman–Crippen LogP) is 2.47. The van der Waals surface area contributed by atoms with E-state index in [1.807, 2.05) is 0 Å². The molecule has 1 aromatic carbocycles. The lowest BCUT2D eigenvalue weighted by Crippen LogP contribution is -2.12. The largest absolute Gasteiger partial charge is 0.506 e. The molecule has 0 atom stereocenters. The van der Waals surface area contributed by atoms with Crippen molar-refractivity contribution in [1.29, 1.82) is 0 Å². The third kappa shape index (κ3) is 2.66. The number of amides is 1. The number of aromatic hydroxyl groups is 1. The Kier molecular flexibility index (Phi) is 3.42. The second kappa shape index (κ2) is 5.22. The first-order chi connectivity index (χ1) is 9.67. The number of nitrogens with one attached hydrogen (secondary N) is 1. The molecule has 1 amide bonds. The quantitative estimate of drug-likeness (QED) is 0.755. The highest BCUT2D eigenvalue weighted by molar-refractivity contribution is 7.10. The van der Waals surface area contributed by atoms with Gasteiger partial charge in [0.05, 0.1) is 17.3 Å². The molecule has 0 saturated heterocycles. The standard InChI is InChI=1S/C14H14N2O3S/c17-6-8-1-4-10(12(18)5-8)15-13(19)11-7-20-14(16-11)9-2-3-9/h1,4-5,7,9,17-18H,2-3,6H2,(H,15,19). The Morgan fingerprint density at radius 1 is 1.45 bits per heavy atom. The molecule has 1 heterocycles. The maximum absolute atomic E-state index is 12.0. The Bertz CT molecular complexity index is 650. The van der Waals surface area contributed by atoms with Crippen LogP contribution in [-0.4, -0.2) is 21.1 Å². The van der Waals surface area contributed by atoms with Crippen LogP contribution < -0.4 is 5.32 Å². The molecule has 0 spiro atoms. The maximum atomic E-state index is 12.0. The van der Waals surface area contributed by atoms with E-state index in [9.17, 15) is 9.90 Å². The maximum Gasteiger partial charge on any atom is 0.275 e. The van der Waals surface area contributed by atoms with Crippen LogP contribution in [-0.2, 0) is 6.61 Å². The first-order valence-electron chi connectivity index (χ1n) is 6.37. The first kappa shape index (κ1) is 13.1. The summed E-state index contributed by atoms with van der Waals surface area (Å²) >= 11 is 1.50. The van der Waals surface area contributed by atoms with E-state index >= 15 is 0 Å². The van der Waals surface area contributed by atoms with Gasteiger partial charge in [0, 0.05) is 11.3 Å². The van der Waals surface area contributed by atoms with Crippen molar-refractivity contribution >= 4 is 22.9 Å². The molecule has 1 fully saturated rings. The fourth-order valence-electron chi connectivity index (χ4n) is 1.88. The van der Waals surface area contributed by atoms with Gasteiger partial charge in [-0.25, -0.2) is 4.98 Å². The number of hydrogen-bond donors (Lipinski definition) is 3. The van der Waals surface area contributed by atoms with E-state index in [1.165, 1.54) is 17.4 Å². The van der Waals surface area contributed by atoms with E-state index in [1.54, 1.807) is 17.5 Å². The monoisotopic (exact) mass is 290 g/mol. The molecule has 20 heavy (non-hydrogen) atoms. The summed E-state index contributed by atoms with van der Waals surface area (Å²) < 4.78 is 0. The van der Waals surface area contributed by atoms with Crippen molar-refractivity contribution in [2.24, 2.45) is 0 Å². The number of carbonyl (C=O) groups is 1. The smallest absolute Gasteiger partial charge is 0.275 e. The van der Waals surface area contributed by atoms with Gasteiger partial charge < -0.3 is 15.5 Å². The van der Waals surface area contributed by atoms with Gasteiger partial charge in [0.2, 0.25) is 0 Å². The number of anilines is 1. The minimum absolute atomic E-state index is 0.0671. The summed E-state index contributed by atoms with van der Waals surface area (Å²) in [5.74, 6) is 0.126. The number of benzene rings is 1. The molecule has 2 aromatic rings. The van der Waals surface area contributed by atoms with Gasteiger partial charge in [-0.15, -0.1) is 11.3 Å². The van der Waals surface area contributed by atoms with Crippen molar-refractivity contribution in [2.45, 2.75) is 25.4 Å². The van der Waals surface area contributed by atoms with Crippen LogP contribution in [0.15, 0.2) is 23.6 Å². The number of thiazole rings is 1. The van der Waals surface area contributed by atoms with Crippen LogP contribution in [0.25, 0.3) is 0 Å². The van der Waals surface area contributed by atoms with E-state index in [2.05, 4.69) is 10.3 Å². The van der Waals surface area contributed by atoms with Gasteiger partial charge >= 0.3 is 0 Å². The summed E-state index contributed by atoms with van der Waals surface area (Å²) in [5, 5.41) is 24.1. The fourth-order valence-corrected chi connectivity index (χ4v) is 2.85. The molecule has 0 radical (unpaired) electrons. The van der Waals surface area contributed by atoms with Crippen molar-refractivity contribution in [3.05, 3.63) is 39.8 Å². The molecule has 1 aliphatic rings. The number of aliphatic hydroxyl groups excluding tert-OH is 1. The van der Waals surface area contributed by atoms with E-state index in [4.69, 9.17) is 5.11 Å². The van der Waals surface area contributed by atoms with Crippen LogP contribution in [0, 0.1) is 0 Å². The topological polar surface area (TPSA) is 82.5 Å². The average molecular weight is 290 g/mol. The van der Waals surface area contributed by atoms with Gasteiger partial charge in [0.25, 0.3) is 5.91 Å². The Labute approximate surface area is 119 Å². The summed E-state index contributed by atoms with van der Waals surface area (Å²) in [5.41, 5.74) is 1.28. The van der Waals surface area contributed by atoms with Crippen molar-refractivity contribution < 1.29 is 15.0 Å². The van der Waals surface area contributed by atoms with Gasteiger partial charge in [-0.3, -0.25) is 4.79 Å². The molecule has 0 unspecified atom stereocenters. The van der Waals surface area contributed by atoms with Crippen molar-refractivity contribution in [1.82, 2.24) is 4.98 Å². The molecule has 3 rings (SSSR count). The number of nitrogens with zero attached hydrogens (tertiary/aromatic N) is 1. The van der Waals surface area contributed by atoms with Crippen molar-refractivity contribution in [2.75, 3.05) is 5.32 Å². The summed E-state index contributed by atoms with van der Waals surface area (Å²) in [6.07, 6.45) is 2.30. The van der Waals surface area contributed by atoms with Gasteiger partial charge in [-0.2, -0.15) is 0 Å². The third-order valence-electron chi connectivity index (χ3n) is 3.17. The molecule has 104 valence electrons. The summed E-state index contributed by atoms with van der Waals surface area (Å²) in [4.78, 5) is 16.4. The second-order valence-electron chi connectivity index (χ2n) is 4.81. The van der Waals surface area contributed by atoms with Gasteiger partial charge in [-0.1, -0.05) is 6.07 Å². The molecule has 1 aromatic heterocycles. The van der Waals surface area contributed by atoms with Gasteiger partial charge in [0.15, 0.2) is 0 Å². The lowest BCUT2D eigenvalue weighted by molar-refractivity contribution is 0.102. The van der Waals surface area contributed by atoms with Crippen molar-refractivity contribution in [3.63, 3.8) is 0 Å². The summed E-state index contributed by atoms with van der Waals surface area (Å²) in [6, 6.07) is 4.63. The van der Waals surface area contributed by atoms with Crippen LogP contribution >= 0.6 is 11.3 Å². The van der Waals surface area contributed by atoms with E-state index in [-0.39, 0.29) is 18.3 Å². The molecule has 5 nitrogen and oxygen atoms in total. The zero-order chi connectivity index (χ0) is 14.1. The van der Waals surface area contributed by atoms with Crippen LogP contribution in [0.1, 0.15) is 39.8 Å². The van der Waals surface area contributed by atoms with Gasteiger partial charge in [0.1, 0.15) is 11.4 Å². The molecular formula is C14H14N2O3S. The second-order valence-corrected chi connectivity index (χ2v) is 5.70. The molecule has 0 aliphatic heterocycles. The lowest BCUT2D eigenvalue weighted by atomic mass is 10.2. The van der Waals surface area contributed by atoms with Crippen LogP contribution in [0.5, 0.6) is 5.75 Å². The average Bonchev–Trinajstić information content (AvgIpc) is 3.18. The molecule has 6 heteroatoms. The highest BCUT2D eigenvalue weighted by Gasteiger charge is 2.27. The molecule has 1 aliphatic carbocycles. The number of hydrogen-bond acceptors (Lipinski definition) is 5. The van der Waals surface area contributed by atoms with Crippen molar-refractivity contribution in [3.8, 4) is 5.75 Å². The molecule has 3 N–H and O–H groups in total. The first-order valence-corrected chi connectivity index (χ1v) is 7.25. The third-order valence-corrected chi connectivity index (χ3v) is 4.18. The minimum atomic E-state index is -0.333. The highest BCUT2D eigenvalue weighted by atomic mass is 32.1. The van der Waals surface area contributed by atoms with E-state index in [0.29, 0.717) is 22.9 Å². The van der Waals surface area contributed by atoms with Crippen LogP contribution in [0.4, 0.5) is 5.69 Å². The summed E-state index contributed by atoms with van der Waals surface area (Å²) in [6.45, 7) is -0.154. The number of aliphatic hydroxyl groups is 1. The number of aromatic nitrogens is 1. The number of phenolic OH excluding ortho intramolecular Hbond substituents is 1. The normalized spacial score (nSPS) is 14.2. The SMILES string of the molecule is O=C(Nc1ccc(CO)cc1O)c1csc(C2CC2)n1. The fraction of sp³-hybridized carbons (Fsp3) is 0.286. The summed E-state index contributed by atoms with van der Waals surface area (Å²) in [7, 11) is 0. The Balaban J connectivity index is 1.74. The lowest BCUT2D eigenvalue weighted by Gasteiger charge is -2.07.